The standard InChI is InChI=1S/C23H25N3O4/c1-4-5-11-26-16(2)12-19(17(26)3)13-20(14-24)23(29)30-15-21(27)25-22(28)18-9-7-6-8-10-18/h6-10,12-13H,4-5,11,15H2,1-3H3,(H,25,27,28)/b20-13+. The van der Waals surface area contributed by atoms with Gasteiger partial charge in [-0.2, -0.15) is 5.26 Å². The van der Waals surface area contributed by atoms with Gasteiger partial charge < -0.3 is 9.30 Å². The quantitative estimate of drug-likeness (QED) is 0.411. The van der Waals surface area contributed by atoms with Gasteiger partial charge in [0.2, 0.25) is 0 Å². The number of hydrogen-bond donors (Lipinski definition) is 1. The first kappa shape index (κ1) is 22.6. The largest absolute Gasteiger partial charge is 0.451 e. The van der Waals surface area contributed by atoms with Crippen molar-refractivity contribution in [2.45, 2.75) is 40.2 Å². The summed E-state index contributed by atoms with van der Waals surface area (Å²) in [7, 11) is 0. The van der Waals surface area contributed by atoms with Gasteiger partial charge in [-0.15, -0.1) is 0 Å². The molecule has 30 heavy (non-hydrogen) atoms. The fourth-order valence-electron chi connectivity index (χ4n) is 2.96. The number of rotatable bonds is 8. The molecular weight excluding hydrogens is 382 g/mol. The SMILES string of the molecule is CCCCn1c(C)cc(/C=C(\C#N)C(=O)OCC(=O)NC(=O)c2ccccc2)c1C. The fraction of sp³-hybridized carbons (Fsp3) is 0.304. The van der Waals surface area contributed by atoms with E-state index in [0.717, 1.165) is 36.3 Å². The molecule has 1 heterocycles. The Morgan fingerprint density at radius 2 is 1.90 bits per heavy atom. The lowest BCUT2D eigenvalue weighted by atomic mass is 10.1. The number of nitrogens with one attached hydrogen (secondary N) is 1. The topological polar surface area (TPSA) is 101 Å². The average molecular weight is 407 g/mol. The van der Waals surface area contributed by atoms with Gasteiger partial charge >= 0.3 is 5.97 Å². The highest BCUT2D eigenvalue weighted by Gasteiger charge is 2.17. The van der Waals surface area contributed by atoms with E-state index < -0.39 is 24.4 Å². The normalized spacial score (nSPS) is 10.9. The van der Waals surface area contributed by atoms with Gasteiger partial charge in [0.25, 0.3) is 11.8 Å². The summed E-state index contributed by atoms with van der Waals surface area (Å²) in [6.45, 7) is 6.22. The summed E-state index contributed by atoms with van der Waals surface area (Å²) in [6, 6.07) is 11.9. The van der Waals surface area contributed by atoms with Crippen LogP contribution in [0, 0.1) is 25.2 Å². The number of nitriles is 1. The number of imide groups is 1. The van der Waals surface area contributed by atoms with Gasteiger partial charge in [0, 0.05) is 23.5 Å². The highest BCUT2D eigenvalue weighted by molar-refractivity contribution is 6.06. The van der Waals surface area contributed by atoms with E-state index >= 15 is 0 Å². The molecular formula is C23H25N3O4. The third-order valence-electron chi connectivity index (χ3n) is 4.61. The van der Waals surface area contributed by atoms with Crippen LogP contribution in [0.5, 0.6) is 0 Å². The average Bonchev–Trinajstić information content (AvgIpc) is 3.01. The lowest BCUT2D eigenvalue weighted by Crippen LogP contribution is -2.34. The van der Waals surface area contributed by atoms with Gasteiger partial charge in [-0.1, -0.05) is 31.5 Å². The number of unbranched alkanes of at least 4 members (excludes halogenated alkanes) is 1. The fourth-order valence-corrected chi connectivity index (χ4v) is 2.96. The summed E-state index contributed by atoms with van der Waals surface area (Å²) < 4.78 is 7.04. The molecule has 1 aromatic heterocycles. The van der Waals surface area contributed by atoms with Crippen LogP contribution in [0.25, 0.3) is 6.08 Å². The van der Waals surface area contributed by atoms with Crippen molar-refractivity contribution < 1.29 is 19.1 Å². The molecule has 1 aromatic carbocycles. The van der Waals surface area contributed by atoms with Crippen LogP contribution in [0.15, 0.2) is 42.0 Å². The van der Waals surface area contributed by atoms with Crippen molar-refractivity contribution in [2.75, 3.05) is 6.61 Å². The van der Waals surface area contributed by atoms with Crippen LogP contribution in [0.3, 0.4) is 0 Å². The number of hydrogen-bond acceptors (Lipinski definition) is 5. The maximum atomic E-state index is 12.2. The zero-order chi connectivity index (χ0) is 22.1. The summed E-state index contributed by atoms with van der Waals surface area (Å²) in [6.07, 6.45) is 3.55. The summed E-state index contributed by atoms with van der Waals surface area (Å²) >= 11 is 0. The van der Waals surface area contributed by atoms with Crippen molar-refractivity contribution in [1.82, 2.24) is 9.88 Å². The Hall–Kier alpha value is -3.66. The molecule has 0 spiro atoms. The van der Waals surface area contributed by atoms with Gasteiger partial charge in [-0.25, -0.2) is 4.79 Å². The molecule has 0 radical (unpaired) electrons. The van der Waals surface area contributed by atoms with Crippen molar-refractivity contribution >= 4 is 23.9 Å². The van der Waals surface area contributed by atoms with Gasteiger partial charge in [0.1, 0.15) is 11.6 Å². The van der Waals surface area contributed by atoms with Gasteiger partial charge in [-0.3, -0.25) is 14.9 Å². The van der Waals surface area contributed by atoms with Crippen LogP contribution >= 0.6 is 0 Å². The molecule has 0 aliphatic carbocycles. The molecule has 1 N–H and O–H groups in total. The van der Waals surface area contributed by atoms with E-state index in [1.54, 1.807) is 30.3 Å². The second kappa shape index (κ2) is 10.8. The first-order valence-electron chi connectivity index (χ1n) is 9.72. The Morgan fingerprint density at radius 3 is 2.53 bits per heavy atom. The number of ether oxygens (including phenoxy) is 1. The Balaban J connectivity index is 2.00. The van der Waals surface area contributed by atoms with Crippen LogP contribution < -0.4 is 5.32 Å². The summed E-state index contributed by atoms with van der Waals surface area (Å²) in [5, 5.41) is 11.5. The molecule has 2 aromatic rings. The van der Waals surface area contributed by atoms with E-state index in [1.165, 1.54) is 6.08 Å². The number of carbonyl (C=O) groups excluding carboxylic acids is 3. The molecule has 0 aliphatic heterocycles. The van der Waals surface area contributed by atoms with Crippen LogP contribution in [0.4, 0.5) is 0 Å². The van der Waals surface area contributed by atoms with E-state index in [2.05, 4.69) is 16.8 Å². The number of benzene rings is 1. The minimum absolute atomic E-state index is 0.215. The molecule has 0 saturated carbocycles. The number of carbonyl (C=O) groups is 3. The number of esters is 1. The number of amides is 2. The monoisotopic (exact) mass is 407 g/mol. The minimum atomic E-state index is -0.918. The predicted octanol–water partition coefficient (Wildman–Crippen LogP) is 3.31. The highest BCUT2D eigenvalue weighted by Crippen LogP contribution is 2.19. The van der Waals surface area contributed by atoms with Gasteiger partial charge in [0.15, 0.2) is 6.61 Å². The Bertz CT molecular complexity index is 997. The smallest absolute Gasteiger partial charge is 0.349 e. The number of nitrogens with zero attached hydrogens (tertiary/aromatic N) is 2. The van der Waals surface area contributed by atoms with Crippen LogP contribution in [-0.4, -0.2) is 29.0 Å². The van der Waals surface area contributed by atoms with Crippen LogP contribution in [-0.2, 0) is 20.9 Å². The highest BCUT2D eigenvalue weighted by atomic mass is 16.5. The molecule has 7 heteroatoms. The lowest BCUT2D eigenvalue weighted by Gasteiger charge is -2.08. The lowest BCUT2D eigenvalue weighted by molar-refractivity contribution is -0.144. The first-order chi connectivity index (χ1) is 14.4. The van der Waals surface area contributed by atoms with Crippen molar-refractivity contribution in [1.29, 1.82) is 5.26 Å². The van der Waals surface area contributed by atoms with Crippen molar-refractivity contribution in [3.8, 4) is 6.07 Å². The third kappa shape index (κ3) is 5.92. The zero-order valence-electron chi connectivity index (χ0n) is 17.4. The Kier molecular flexibility index (Phi) is 8.12. The molecule has 156 valence electrons. The third-order valence-corrected chi connectivity index (χ3v) is 4.61. The van der Waals surface area contributed by atoms with Gasteiger partial charge in [0.05, 0.1) is 0 Å². The van der Waals surface area contributed by atoms with E-state index in [1.807, 2.05) is 26.0 Å². The molecule has 0 saturated heterocycles. The van der Waals surface area contributed by atoms with Crippen molar-refractivity contribution in [3.05, 3.63) is 64.5 Å². The van der Waals surface area contributed by atoms with E-state index in [9.17, 15) is 19.6 Å². The maximum Gasteiger partial charge on any atom is 0.349 e. The van der Waals surface area contributed by atoms with Crippen LogP contribution in [0.1, 0.15) is 47.1 Å². The molecule has 2 rings (SSSR count). The summed E-state index contributed by atoms with van der Waals surface area (Å²) in [5.41, 5.74) is 2.84. The predicted molar refractivity (Wildman–Crippen MR) is 112 cm³/mol. The van der Waals surface area contributed by atoms with Gasteiger partial charge in [-0.05, 0) is 50.1 Å². The number of aromatic nitrogens is 1. The van der Waals surface area contributed by atoms with Crippen LogP contribution in [0.2, 0.25) is 0 Å². The maximum absolute atomic E-state index is 12.2. The van der Waals surface area contributed by atoms with E-state index in [0.29, 0.717) is 5.56 Å². The molecule has 0 aliphatic rings. The molecule has 0 fully saturated rings. The molecule has 2 amide bonds. The molecule has 7 nitrogen and oxygen atoms in total. The number of aryl methyl sites for hydroxylation is 1. The second-order valence-electron chi connectivity index (χ2n) is 6.82. The Morgan fingerprint density at radius 1 is 1.20 bits per heavy atom. The van der Waals surface area contributed by atoms with Crippen molar-refractivity contribution in [3.63, 3.8) is 0 Å². The molecule has 0 bridgehead atoms. The molecule has 0 unspecified atom stereocenters. The summed E-state index contributed by atoms with van der Waals surface area (Å²) in [4.78, 5) is 36.1. The Labute approximate surface area is 176 Å². The molecule has 0 atom stereocenters. The summed E-state index contributed by atoms with van der Waals surface area (Å²) in [5.74, 6) is -2.28. The second-order valence-corrected chi connectivity index (χ2v) is 6.82. The first-order valence-corrected chi connectivity index (χ1v) is 9.72. The minimum Gasteiger partial charge on any atom is -0.451 e. The zero-order valence-corrected chi connectivity index (χ0v) is 17.4. The van der Waals surface area contributed by atoms with Crippen molar-refractivity contribution in [2.24, 2.45) is 0 Å². The van der Waals surface area contributed by atoms with E-state index in [-0.39, 0.29) is 5.57 Å². The van der Waals surface area contributed by atoms with E-state index in [4.69, 9.17) is 4.74 Å².